The normalized spacial score (nSPS) is 15.2. The van der Waals surface area contributed by atoms with Crippen molar-refractivity contribution in [3.8, 4) is 0 Å². The average Bonchev–Trinajstić information content (AvgIpc) is 2.14. The molecule has 0 aromatic heterocycles. The van der Waals surface area contributed by atoms with E-state index >= 15 is 0 Å². The van der Waals surface area contributed by atoms with Crippen LogP contribution in [-0.4, -0.2) is 17.2 Å². The van der Waals surface area contributed by atoms with Crippen molar-refractivity contribution in [3.63, 3.8) is 0 Å². The smallest absolute Gasteiger partial charge is 0.176 e. The lowest BCUT2D eigenvalue weighted by Gasteiger charge is -2.31. The van der Waals surface area contributed by atoms with E-state index in [-0.39, 0.29) is 12.4 Å². The van der Waals surface area contributed by atoms with Crippen LogP contribution in [0.5, 0.6) is 0 Å². The Morgan fingerprint density at radius 3 is 2.40 bits per heavy atom. The van der Waals surface area contributed by atoms with Crippen LogP contribution in [-0.2, 0) is 0 Å². The average molecular weight is 209 g/mol. The lowest BCUT2D eigenvalue weighted by molar-refractivity contribution is 0.353. The van der Waals surface area contributed by atoms with Gasteiger partial charge >= 0.3 is 0 Å². The van der Waals surface area contributed by atoms with Gasteiger partial charge in [-0.1, -0.05) is 25.3 Å². The van der Waals surface area contributed by atoms with Crippen LogP contribution >= 0.6 is 0 Å². The summed E-state index contributed by atoms with van der Waals surface area (Å²) in [7, 11) is 0. The zero-order valence-electron chi connectivity index (χ0n) is 9.09. The molecule has 0 aromatic rings. The molecule has 1 unspecified atom stereocenters. The molecule has 0 saturated carbocycles. The molecule has 1 atom stereocenters. The summed E-state index contributed by atoms with van der Waals surface area (Å²) < 4.78 is 0. The second-order valence-electron chi connectivity index (χ2n) is 3.38. The van der Waals surface area contributed by atoms with Gasteiger partial charge in [-0.05, 0) is 19.1 Å². The van der Waals surface area contributed by atoms with Crippen LogP contribution in [0.15, 0.2) is 49.0 Å². The van der Waals surface area contributed by atoms with E-state index in [0.29, 0.717) is 5.70 Å². The topological polar surface area (TPSA) is 84.3 Å². The Labute approximate surface area is 90.7 Å². The van der Waals surface area contributed by atoms with Crippen molar-refractivity contribution in [1.29, 1.82) is 0 Å². The molecule has 4 nitrogen and oxygen atoms in total. The van der Waals surface area contributed by atoms with Crippen LogP contribution in [0.25, 0.3) is 0 Å². The van der Waals surface area contributed by atoms with E-state index in [2.05, 4.69) is 25.1 Å². The van der Waals surface area contributed by atoms with Crippen molar-refractivity contribution in [2.75, 3.05) is 6.54 Å². The van der Waals surface area contributed by atoms with Gasteiger partial charge in [0, 0.05) is 12.2 Å². The Balaban J connectivity index is 4.89. The van der Waals surface area contributed by atoms with Crippen molar-refractivity contribution in [2.45, 2.75) is 12.5 Å². The molecule has 0 heterocycles. The fourth-order valence-electron chi connectivity index (χ4n) is 1.07. The number of hydrogen-bond donors (Lipinski definition) is 4. The molecule has 0 saturated heterocycles. The maximum Gasteiger partial charge on any atom is 0.176 e. The molecule has 0 aliphatic heterocycles. The molecule has 4 heteroatoms. The minimum absolute atomic E-state index is 0.155. The molecule has 84 valence electrons. The number of nitrogens with two attached hydrogens (primary N) is 2. The fraction of sp³-hybridized carbons (Fsp3) is 0.273. The number of aliphatic hydroxyl groups excluding tert-OH is 1. The molecule has 0 spiro atoms. The first kappa shape index (κ1) is 13.3. The van der Waals surface area contributed by atoms with Crippen LogP contribution in [0, 0.1) is 0 Å². The number of hydrogen-bond acceptors (Lipinski definition) is 4. The zero-order valence-corrected chi connectivity index (χ0v) is 9.09. The lowest BCUT2D eigenvalue weighted by Crippen LogP contribution is -2.53. The third-order valence-electron chi connectivity index (χ3n) is 2.22. The van der Waals surface area contributed by atoms with Gasteiger partial charge in [-0.25, -0.2) is 0 Å². The summed E-state index contributed by atoms with van der Waals surface area (Å²) in [6.45, 7) is 12.6. The lowest BCUT2D eigenvalue weighted by atomic mass is 9.88. The summed E-state index contributed by atoms with van der Waals surface area (Å²) in [6.07, 6.45) is 3.37. The molecule has 0 aliphatic carbocycles. The monoisotopic (exact) mass is 209 g/mol. The first-order chi connectivity index (χ1) is 6.84. The molecule has 0 amide bonds. The quantitative estimate of drug-likeness (QED) is 0.387. The Bertz CT molecular complexity index is 307. The molecule has 0 fully saturated rings. The maximum absolute atomic E-state index is 8.94. The maximum atomic E-state index is 8.94. The van der Waals surface area contributed by atoms with E-state index in [9.17, 15) is 0 Å². The van der Waals surface area contributed by atoms with E-state index in [1.54, 1.807) is 12.2 Å². The van der Waals surface area contributed by atoms with Gasteiger partial charge in [0.1, 0.15) is 0 Å². The largest absolute Gasteiger partial charge is 0.495 e. The van der Waals surface area contributed by atoms with Gasteiger partial charge in [0.25, 0.3) is 0 Å². The molecule has 0 aliphatic rings. The highest BCUT2D eigenvalue weighted by Gasteiger charge is 2.28. The van der Waals surface area contributed by atoms with E-state index in [4.69, 9.17) is 16.6 Å². The van der Waals surface area contributed by atoms with Gasteiger partial charge in [0.2, 0.25) is 0 Å². The Kier molecular flexibility index (Phi) is 4.67. The van der Waals surface area contributed by atoms with Gasteiger partial charge in [-0.15, -0.1) is 0 Å². The van der Waals surface area contributed by atoms with Crippen molar-refractivity contribution in [1.82, 2.24) is 5.32 Å². The molecule has 0 bridgehead atoms. The number of rotatable bonds is 6. The molecule has 0 rings (SSSR count). The second kappa shape index (κ2) is 5.26. The Morgan fingerprint density at radius 1 is 1.53 bits per heavy atom. The molecule has 6 N–H and O–H groups in total. The predicted molar refractivity (Wildman–Crippen MR) is 64.0 cm³/mol. The summed E-state index contributed by atoms with van der Waals surface area (Å²) in [5.74, 6) is -0.155. The molecule has 0 radical (unpaired) electrons. The van der Waals surface area contributed by atoms with Crippen LogP contribution in [0.3, 0.4) is 0 Å². The summed E-state index contributed by atoms with van der Waals surface area (Å²) in [5.41, 5.74) is 11.9. The first-order valence-corrected chi connectivity index (χ1v) is 4.50. The van der Waals surface area contributed by atoms with E-state index in [0.717, 1.165) is 5.57 Å². The summed E-state index contributed by atoms with van der Waals surface area (Å²) >= 11 is 0. The van der Waals surface area contributed by atoms with E-state index in [1.165, 1.54) is 0 Å². The number of allylic oxidation sites excluding steroid dienone is 2. The minimum Gasteiger partial charge on any atom is -0.495 e. The van der Waals surface area contributed by atoms with Crippen LogP contribution < -0.4 is 16.8 Å². The molecular formula is C11H19N3O. The number of aliphatic hydroxyl groups is 1. The highest BCUT2D eigenvalue weighted by molar-refractivity contribution is 5.33. The standard InChI is InChI=1S/C11H19N3O/c1-5-6-8(2)11(13,9(3)12)7-14-10(4)15/h5-6,14-15H,1,3-4,7,12-13H2,2H3/b8-6+. The van der Waals surface area contributed by atoms with Crippen molar-refractivity contribution in [2.24, 2.45) is 11.5 Å². The molecule has 0 aromatic carbocycles. The van der Waals surface area contributed by atoms with Gasteiger partial charge in [-0.2, -0.15) is 0 Å². The van der Waals surface area contributed by atoms with E-state index in [1.807, 2.05) is 6.92 Å². The Hall–Kier alpha value is -1.68. The van der Waals surface area contributed by atoms with E-state index < -0.39 is 5.54 Å². The third-order valence-corrected chi connectivity index (χ3v) is 2.22. The Morgan fingerprint density at radius 2 is 2.07 bits per heavy atom. The molecule has 15 heavy (non-hydrogen) atoms. The van der Waals surface area contributed by atoms with Gasteiger partial charge < -0.3 is 21.9 Å². The van der Waals surface area contributed by atoms with Crippen LogP contribution in [0.4, 0.5) is 0 Å². The van der Waals surface area contributed by atoms with Gasteiger partial charge in [-0.3, -0.25) is 0 Å². The van der Waals surface area contributed by atoms with Crippen LogP contribution in [0.1, 0.15) is 6.92 Å². The summed E-state index contributed by atoms with van der Waals surface area (Å²) in [5, 5.41) is 11.6. The summed E-state index contributed by atoms with van der Waals surface area (Å²) in [6, 6.07) is 0. The SMILES string of the molecule is C=C/C=C(\C)C(N)(CNC(=C)O)C(=C)N. The highest BCUT2D eigenvalue weighted by Crippen LogP contribution is 2.18. The predicted octanol–water partition coefficient (Wildman–Crippen LogP) is 0.907. The molecular weight excluding hydrogens is 190 g/mol. The van der Waals surface area contributed by atoms with Gasteiger partial charge in [0.05, 0.1) is 5.54 Å². The summed E-state index contributed by atoms with van der Waals surface area (Å²) in [4.78, 5) is 0. The van der Waals surface area contributed by atoms with Crippen molar-refractivity contribution >= 4 is 0 Å². The fourth-order valence-corrected chi connectivity index (χ4v) is 1.07. The van der Waals surface area contributed by atoms with Gasteiger partial charge in [0.15, 0.2) is 5.88 Å². The highest BCUT2D eigenvalue weighted by atomic mass is 16.3. The third kappa shape index (κ3) is 3.52. The number of nitrogens with one attached hydrogen (secondary N) is 1. The van der Waals surface area contributed by atoms with Crippen LogP contribution in [0.2, 0.25) is 0 Å². The van der Waals surface area contributed by atoms with Crippen molar-refractivity contribution in [3.05, 3.63) is 49.0 Å². The van der Waals surface area contributed by atoms with Crippen molar-refractivity contribution < 1.29 is 5.11 Å². The zero-order chi connectivity index (χ0) is 12.1. The minimum atomic E-state index is -0.917. The second-order valence-corrected chi connectivity index (χ2v) is 3.38. The first-order valence-electron chi connectivity index (χ1n) is 4.50.